The van der Waals surface area contributed by atoms with Crippen LogP contribution in [0.25, 0.3) is 0 Å². The molecule has 0 aliphatic carbocycles. The van der Waals surface area contributed by atoms with Crippen molar-refractivity contribution in [3.8, 4) is 0 Å². The Morgan fingerprint density at radius 1 is 1.40 bits per heavy atom. The molecule has 0 saturated carbocycles. The molecule has 1 heterocycles. The number of benzene rings is 1. The summed E-state index contributed by atoms with van der Waals surface area (Å²) in [4.78, 5) is 0. The van der Waals surface area contributed by atoms with Crippen molar-refractivity contribution in [1.82, 2.24) is 5.32 Å². The summed E-state index contributed by atoms with van der Waals surface area (Å²) in [6, 6.07) is 7.53. The van der Waals surface area contributed by atoms with Crippen molar-refractivity contribution in [3.63, 3.8) is 0 Å². The predicted molar refractivity (Wildman–Crippen MR) is 60.3 cm³/mol. The second-order valence-corrected chi connectivity index (χ2v) is 4.58. The number of hydrogen-bond acceptors (Lipinski definition) is 1. The fraction of sp³-hybridized carbons (Fsp3) is 0.538. The van der Waals surface area contributed by atoms with E-state index >= 15 is 0 Å². The number of rotatable bonds is 2. The molecule has 1 fully saturated rings. The number of hydrogen-bond donors (Lipinski definition) is 1. The van der Waals surface area contributed by atoms with Gasteiger partial charge in [-0.2, -0.15) is 0 Å². The molecule has 1 aliphatic heterocycles. The van der Waals surface area contributed by atoms with Gasteiger partial charge in [-0.05, 0) is 43.4 Å². The number of halogens is 1. The van der Waals surface area contributed by atoms with E-state index in [4.69, 9.17) is 0 Å². The van der Waals surface area contributed by atoms with E-state index in [2.05, 4.69) is 12.2 Å². The molecule has 2 heteroatoms. The minimum atomic E-state index is -0.0717. The molecule has 1 nitrogen and oxygen atoms in total. The average molecular weight is 207 g/mol. The van der Waals surface area contributed by atoms with Crippen LogP contribution in [-0.2, 0) is 6.42 Å². The summed E-state index contributed by atoms with van der Waals surface area (Å²) >= 11 is 0. The van der Waals surface area contributed by atoms with Crippen LogP contribution in [0.3, 0.4) is 0 Å². The van der Waals surface area contributed by atoms with Gasteiger partial charge in [-0.25, -0.2) is 4.39 Å². The van der Waals surface area contributed by atoms with Gasteiger partial charge in [0.25, 0.3) is 0 Å². The summed E-state index contributed by atoms with van der Waals surface area (Å²) in [5.74, 6) is 0.695. The van der Waals surface area contributed by atoms with Gasteiger partial charge >= 0.3 is 0 Å². The Kier molecular flexibility index (Phi) is 3.37. The Morgan fingerprint density at radius 3 is 2.93 bits per heavy atom. The summed E-state index contributed by atoms with van der Waals surface area (Å²) in [5.41, 5.74) is 0.837. The van der Waals surface area contributed by atoms with E-state index in [9.17, 15) is 4.39 Å². The largest absolute Gasteiger partial charge is 0.314 e. The molecule has 2 rings (SSSR count). The van der Waals surface area contributed by atoms with E-state index in [0.717, 1.165) is 30.9 Å². The first-order valence-electron chi connectivity index (χ1n) is 5.72. The van der Waals surface area contributed by atoms with Crippen LogP contribution in [0.1, 0.15) is 25.3 Å². The van der Waals surface area contributed by atoms with Gasteiger partial charge < -0.3 is 5.32 Å². The summed E-state index contributed by atoms with van der Waals surface area (Å²) in [6.45, 7) is 3.34. The van der Waals surface area contributed by atoms with Crippen LogP contribution in [0.15, 0.2) is 24.3 Å². The van der Waals surface area contributed by atoms with Gasteiger partial charge in [-0.3, -0.25) is 0 Å². The van der Waals surface area contributed by atoms with Crippen molar-refractivity contribution >= 4 is 0 Å². The molecule has 82 valence electrons. The molecule has 0 amide bonds. The van der Waals surface area contributed by atoms with Crippen LogP contribution in [0.2, 0.25) is 0 Å². The number of piperidine rings is 1. The highest BCUT2D eigenvalue weighted by molar-refractivity contribution is 5.18. The van der Waals surface area contributed by atoms with Crippen LogP contribution in [-0.4, -0.2) is 12.6 Å². The van der Waals surface area contributed by atoms with Crippen molar-refractivity contribution in [2.75, 3.05) is 6.54 Å². The van der Waals surface area contributed by atoms with Crippen LogP contribution >= 0.6 is 0 Å². The van der Waals surface area contributed by atoms with E-state index in [-0.39, 0.29) is 5.82 Å². The Hall–Kier alpha value is -0.890. The third-order valence-electron chi connectivity index (χ3n) is 3.18. The maximum absolute atomic E-state index is 13.4. The third kappa shape index (κ3) is 2.78. The van der Waals surface area contributed by atoms with Gasteiger partial charge in [0.05, 0.1) is 0 Å². The Labute approximate surface area is 90.7 Å². The molecule has 2 unspecified atom stereocenters. The topological polar surface area (TPSA) is 12.0 Å². The second-order valence-electron chi connectivity index (χ2n) is 4.58. The lowest BCUT2D eigenvalue weighted by Crippen LogP contribution is -2.38. The lowest BCUT2D eigenvalue weighted by atomic mass is 9.90. The van der Waals surface area contributed by atoms with E-state index in [0.29, 0.717) is 6.04 Å². The molecule has 0 spiro atoms. The Morgan fingerprint density at radius 2 is 2.20 bits per heavy atom. The number of nitrogens with one attached hydrogen (secondary N) is 1. The smallest absolute Gasteiger partial charge is 0.126 e. The molecule has 2 atom stereocenters. The molecule has 0 radical (unpaired) electrons. The SMILES string of the molecule is CC1CCNC(Cc2ccccc2F)C1. The maximum atomic E-state index is 13.4. The van der Waals surface area contributed by atoms with E-state index in [1.807, 2.05) is 12.1 Å². The minimum absolute atomic E-state index is 0.0717. The summed E-state index contributed by atoms with van der Waals surface area (Å²) in [7, 11) is 0. The molecule has 1 saturated heterocycles. The molecular weight excluding hydrogens is 189 g/mol. The molecule has 1 aliphatic rings. The lowest BCUT2D eigenvalue weighted by Gasteiger charge is -2.28. The maximum Gasteiger partial charge on any atom is 0.126 e. The first-order valence-corrected chi connectivity index (χ1v) is 5.72. The zero-order chi connectivity index (χ0) is 10.7. The molecule has 15 heavy (non-hydrogen) atoms. The minimum Gasteiger partial charge on any atom is -0.314 e. The molecule has 1 aromatic rings. The Balaban J connectivity index is 1.99. The van der Waals surface area contributed by atoms with E-state index in [1.165, 1.54) is 6.42 Å². The monoisotopic (exact) mass is 207 g/mol. The van der Waals surface area contributed by atoms with Crippen molar-refractivity contribution in [3.05, 3.63) is 35.6 Å². The fourth-order valence-corrected chi connectivity index (χ4v) is 2.31. The van der Waals surface area contributed by atoms with Crippen LogP contribution < -0.4 is 5.32 Å². The van der Waals surface area contributed by atoms with Crippen molar-refractivity contribution < 1.29 is 4.39 Å². The van der Waals surface area contributed by atoms with E-state index in [1.54, 1.807) is 12.1 Å². The van der Waals surface area contributed by atoms with Gasteiger partial charge in [-0.15, -0.1) is 0 Å². The summed E-state index contributed by atoms with van der Waals surface area (Å²) in [6.07, 6.45) is 3.22. The zero-order valence-corrected chi connectivity index (χ0v) is 9.17. The standard InChI is InChI=1S/C13H18FN/c1-10-6-7-15-12(8-10)9-11-4-2-3-5-13(11)14/h2-5,10,12,15H,6-9H2,1H3. The van der Waals surface area contributed by atoms with Crippen molar-refractivity contribution in [2.45, 2.75) is 32.2 Å². The molecule has 0 bridgehead atoms. The summed E-state index contributed by atoms with van der Waals surface area (Å²) < 4.78 is 13.4. The van der Waals surface area contributed by atoms with Gasteiger partial charge in [0.2, 0.25) is 0 Å². The quantitative estimate of drug-likeness (QED) is 0.786. The highest BCUT2D eigenvalue weighted by Crippen LogP contribution is 2.19. The third-order valence-corrected chi connectivity index (χ3v) is 3.18. The second kappa shape index (κ2) is 4.75. The van der Waals surface area contributed by atoms with Crippen LogP contribution in [0.4, 0.5) is 4.39 Å². The Bertz CT molecular complexity index is 324. The van der Waals surface area contributed by atoms with Gasteiger partial charge in [0.1, 0.15) is 5.82 Å². The first-order chi connectivity index (χ1) is 7.25. The normalized spacial score (nSPS) is 26.5. The van der Waals surface area contributed by atoms with Crippen LogP contribution in [0, 0.1) is 11.7 Å². The highest BCUT2D eigenvalue weighted by Gasteiger charge is 2.19. The summed E-state index contributed by atoms with van der Waals surface area (Å²) in [5, 5.41) is 3.46. The average Bonchev–Trinajstić information content (AvgIpc) is 2.22. The molecule has 1 N–H and O–H groups in total. The van der Waals surface area contributed by atoms with Gasteiger partial charge in [-0.1, -0.05) is 25.1 Å². The fourth-order valence-electron chi connectivity index (χ4n) is 2.31. The first kappa shape index (κ1) is 10.6. The predicted octanol–water partition coefficient (Wildman–Crippen LogP) is 2.76. The zero-order valence-electron chi connectivity index (χ0n) is 9.17. The van der Waals surface area contributed by atoms with Gasteiger partial charge in [0.15, 0.2) is 0 Å². The van der Waals surface area contributed by atoms with E-state index < -0.39 is 0 Å². The molecule has 0 aromatic heterocycles. The van der Waals surface area contributed by atoms with Crippen molar-refractivity contribution in [1.29, 1.82) is 0 Å². The molecule has 1 aromatic carbocycles. The van der Waals surface area contributed by atoms with Crippen molar-refractivity contribution in [2.24, 2.45) is 5.92 Å². The van der Waals surface area contributed by atoms with Crippen LogP contribution in [0.5, 0.6) is 0 Å². The highest BCUT2D eigenvalue weighted by atomic mass is 19.1. The van der Waals surface area contributed by atoms with Gasteiger partial charge in [0, 0.05) is 6.04 Å². The molecular formula is C13H18FN. The lowest BCUT2D eigenvalue weighted by molar-refractivity contribution is 0.317.